The lowest BCUT2D eigenvalue weighted by Gasteiger charge is -2.22. The predicted octanol–water partition coefficient (Wildman–Crippen LogP) is 2.22. The second-order valence-electron chi connectivity index (χ2n) is 3.77. The first-order valence-corrected chi connectivity index (χ1v) is 5.77. The lowest BCUT2D eigenvalue weighted by molar-refractivity contribution is 0.750. The predicted molar refractivity (Wildman–Crippen MR) is 64.7 cm³/mol. The van der Waals surface area contributed by atoms with E-state index in [0.29, 0.717) is 5.82 Å². The highest BCUT2D eigenvalue weighted by Gasteiger charge is 2.15. The summed E-state index contributed by atoms with van der Waals surface area (Å²) in [6, 6.07) is 5.61. The fourth-order valence-electron chi connectivity index (χ4n) is 0.926. The summed E-state index contributed by atoms with van der Waals surface area (Å²) in [5, 5.41) is 3.26. The van der Waals surface area contributed by atoms with E-state index in [1.54, 1.807) is 6.07 Å². The van der Waals surface area contributed by atoms with Crippen molar-refractivity contribution in [2.24, 2.45) is 0 Å². The van der Waals surface area contributed by atoms with E-state index >= 15 is 0 Å². The maximum Gasteiger partial charge on any atom is 0.128 e. The van der Waals surface area contributed by atoms with Crippen molar-refractivity contribution < 1.29 is 0 Å². The van der Waals surface area contributed by atoms with E-state index < -0.39 is 0 Å². The highest BCUT2D eigenvalue weighted by molar-refractivity contribution is 7.99. The van der Waals surface area contributed by atoms with Crippen LogP contribution in [-0.4, -0.2) is 22.5 Å². The lowest BCUT2D eigenvalue weighted by atomic mass is 10.2. The number of rotatable bonds is 4. The Morgan fingerprint density at radius 3 is 2.79 bits per heavy atom. The molecule has 3 N–H and O–H groups in total. The van der Waals surface area contributed by atoms with Crippen LogP contribution in [0.3, 0.4) is 0 Å². The van der Waals surface area contributed by atoms with Crippen molar-refractivity contribution in [3.63, 3.8) is 0 Å². The van der Waals surface area contributed by atoms with Crippen LogP contribution in [0.5, 0.6) is 0 Å². The molecule has 0 unspecified atom stereocenters. The molecule has 0 atom stereocenters. The van der Waals surface area contributed by atoms with Gasteiger partial charge in [0.25, 0.3) is 0 Å². The lowest BCUT2D eigenvalue weighted by Crippen LogP contribution is -2.26. The number of nitrogen functional groups attached to an aromatic ring is 1. The van der Waals surface area contributed by atoms with Gasteiger partial charge in [-0.15, -0.1) is 0 Å². The standard InChI is InChI=1S/C10H17N3S/c1-10(2,14-3)7-12-9-6-4-5-8(11)13-9/h4-6H,7H2,1-3H3,(H3,11,12,13). The Morgan fingerprint density at radius 1 is 1.50 bits per heavy atom. The molecule has 0 amide bonds. The largest absolute Gasteiger partial charge is 0.384 e. The molecular formula is C10H17N3S. The number of nitrogens with zero attached hydrogens (tertiary/aromatic N) is 1. The second kappa shape index (κ2) is 4.55. The van der Waals surface area contributed by atoms with Gasteiger partial charge in [0.2, 0.25) is 0 Å². The number of thioether (sulfide) groups is 1. The normalized spacial score (nSPS) is 11.4. The first-order chi connectivity index (χ1) is 6.53. The summed E-state index contributed by atoms with van der Waals surface area (Å²) in [6.45, 7) is 5.26. The van der Waals surface area contributed by atoms with E-state index in [9.17, 15) is 0 Å². The Balaban J connectivity index is 2.54. The average molecular weight is 211 g/mol. The van der Waals surface area contributed by atoms with Gasteiger partial charge in [0.05, 0.1) is 0 Å². The molecule has 0 aromatic carbocycles. The van der Waals surface area contributed by atoms with E-state index in [0.717, 1.165) is 12.4 Å². The minimum atomic E-state index is 0.215. The van der Waals surface area contributed by atoms with Gasteiger partial charge >= 0.3 is 0 Å². The zero-order chi connectivity index (χ0) is 10.6. The molecule has 3 nitrogen and oxygen atoms in total. The van der Waals surface area contributed by atoms with E-state index in [2.05, 4.69) is 30.4 Å². The number of hydrogen-bond acceptors (Lipinski definition) is 4. The van der Waals surface area contributed by atoms with Crippen molar-refractivity contribution in [3.05, 3.63) is 18.2 Å². The van der Waals surface area contributed by atoms with Crippen LogP contribution in [0.1, 0.15) is 13.8 Å². The molecule has 0 fully saturated rings. The van der Waals surface area contributed by atoms with Gasteiger partial charge in [0.1, 0.15) is 11.6 Å². The summed E-state index contributed by atoms with van der Waals surface area (Å²) in [5.41, 5.74) is 5.57. The number of nitrogens with two attached hydrogens (primary N) is 1. The van der Waals surface area contributed by atoms with E-state index in [1.807, 2.05) is 23.9 Å². The molecule has 0 saturated heterocycles. The number of anilines is 2. The molecule has 1 aromatic heterocycles. The minimum absolute atomic E-state index is 0.215. The maximum absolute atomic E-state index is 5.57. The zero-order valence-electron chi connectivity index (χ0n) is 8.87. The van der Waals surface area contributed by atoms with Gasteiger partial charge in [-0.3, -0.25) is 0 Å². The molecule has 0 saturated carbocycles. The molecule has 1 aromatic rings. The van der Waals surface area contributed by atoms with E-state index in [-0.39, 0.29) is 4.75 Å². The number of aromatic nitrogens is 1. The third kappa shape index (κ3) is 3.46. The molecule has 1 rings (SSSR count). The molecule has 78 valence electrons. The fourth-order valence-corrected chi connectivity index (χ4v) is 1.14. The molecular weight excluding hydrogens is 194 g/mol. The van der Waals surface area contributed by atoms with Gasteiger partial charge < -0.3 is 11.1 Å². The van der Waals surface area contributed by atoms with Crippen LogP contribution in [-0.2, 0) is 0 Å². The number of pyridine rings is 1. The molecule has 14 heavy (non-hydrogen) atoms. The second-order valence-corrected chi connectivity index (χ2v) is 5.28. The Morgan fingerprint density at radius 2 is 2.21 bits per heavy atom. The molecule has 4 heteroatoms. The fraction of sp³-hybridized carbons (Fsp3) is 0.500. The maximum atomic E-state index is 5.57. The summed E-state index contributed by atoms with van der Waals surface area (Å²) < 4.78 is 0.215. The van der Waals surface area contributed by atoms with Crippen LogP contribution in [0.25, 0.3) is 0 Å². The minimum Gasteiger partial charge on any atom is -0.384 e. The summed E-state index contributed by atoms with van der Waals surface area (Å²) >= 11 is 1.83. The summed E-state index contributed by atoms with van der Waals surface area (Å²) in [5.74, 6) is 1.39. The highest BCUT2D eigenvalue weighted by Crippen LogP contribution is 2.21. The smallest absolute Gasteiger partial charge is 0.128 e. The van der Waals surface area contributed by atoms with Crippen LogP contribution in [0.2, 0.25) is 0 Å². The van der Waals surface area contributed by atoms with Gasteiger partial charge in [-0.2, -0.15) is 11.8 Å². The third-order valence-corrected chi connectivity index (χ3v) is 3.27. The number of nitrogens with one attached hydrogen (secondary N) is 1. The molecule has 1 heterocycles. The van der Waals surface area contributed by atoms with Gasteiger partial charge in [-0.25, -0.2) is 4.98 Å². The highest BCUT2D eigenvalue weighted by atomic mass is 32.2. The third-order valence-electron chi connectivity index (χ3n) is 2.02. The molecule has 0 aliphatic rings. The molecule has 0 bridgehead atoms. The van der Waals surface area contributed by atoms with Crippen molar-refractivity contribution in [2.75, 3.05) is 23.9 Å². The first kappa shape index (κ1) is 11.2. The van der Waals surface area contributed by atoms with Crippen molar-refractivity contribution >= 4 is 23.4 Å². The van der Waals surface area contributed by atoms with E-state index in [4.69, 9.17) is 5.73 Å². The molecule has 0 spiro atoms. The van der Waals surface area contributed by atoms with Crippen molar-refractivity contribution in [1.82, 2.24) is 4.98 Å². The average Bonchev–Trinajstić information content (AvgIpc) is 2.15. The summed E-state index contributed by atoms with van der Waals surface area (Å²) in [7, 11) is 0. The summed E-state index contributed by atoms with van der Waals surface area (Å²) in [6.07, 6.45) is 2.11. The Bertz CT molecular complexity index is 299. The van der Waals surface area contributed by atoms with Gasteiger partial charge in [-0.05, 0) is 32.2 Å². The van der Waals surface area contributed by atoms with Gasteiger partial charge in [0.15, 0.2) is 0 Å². The van der Waals surface area contributed by atoms with Gasteiger partial charge in [0, 0.05) is 11.3 Å². The van der Waals surface area contributed by atoms with Crippen LogP contribution in [0.4, 0.5) is 11.6 Å². The Kier molecular flexibility index (Phi) is 3.63. The number of hydrogen-bond donors (Lipinski definition) is 2. The topological polar surface area (TPSA) is 50.9 Å². The molecule has 0 aliphatic carbocycles. The quantitative estimate of drug-likeness (QED) is 0.801. The van der Waals surface area contributed by atoms with E-state index in [1.165, 1.54) is 0 Å². The summed E-state index contributed by atoms with van der Waals surface area (Å²) in [4.78, 5) is 4.17. The first-order valence-electron chi connectivity index (χ1n) is 4.55. The van der Waals surface area contributed by atoms with Gasteiger partial charge in [-0.1, -0.05) is 6.07 Å². The van der Waals surface area contributed by atoms with Crippen molar-refractivity contribution in [1.29, 1.82) is 0 Å². The van der Waals surface area contributed by atoms with Crippen molar-refractivity contribution in [2.45, 2.75) is 18.6 Å². The van der Waals surface area contributed by atoms with Crippen LogP contribution in [0.15, 0.2) is 18.2 Å². The Hall–Kier alpha value is -0.900. The van der Waals surface area contributed by atoms with Crippen LogP contribution < -0.4 is 11.1 Å². The molecule has 0 aliphatic heterocycles. The van der Waals surface area contributed by atoms with Crippen molar-refractivity contribution in [3.8, 4) is 0 Å². The monoisotopic (exact) mass is 211 g/mol. The van der Waals surface area contributed by atoms with Crippen LogP contribution >= 0.6 is 11.8 Å². The Labute approximate surface area is 89.5 Å². The SMILES string of the molecule is CSC(C)(C)CNc1cccc(N)n1. The molecule has 0 radical (unpaired) electrons. The zero-order valence-corrected chi connectivity index (χ0v) is 9.69. The van der Waals surface area contributed by atoms with Crippen LogP contribution in [0, 0.1) is 0 Å².